The normalized spacial score (nSPS) is 19.4. The Morgan fingerprint density at radius 1 is 1.10 bits per heavy atom. The fourth-order valence-electron chi connectivity index (χ4n) is 3.90. The Balaban J connectivity index is 3.05. The molecular weight excluding hydrogens is 244 g/mol. The SMILES string of the molecule is CCNC(C1=CCCCCCC1)C(CC)(CC)N(C)C. The molecule has 0 bridgehead atoms. The summed E-state index contributed by atoms with van der Waals surface area (Å²) in [6.07, 6.45) is 13.1. The number of nitrogens with one attached hydrogen (secondary N) is 1. The number of hydrogen-bond acceptors (Lipinski definition) is 2. The van der Waals surface area contributed by atoms with E-state index in [9.17, 15) is 0 Å². The first-order valence-electron chi connectivity index (χ1n) is 8.72. The number of allylic oxidation sites excluding steroid dienone is 1. The highest BCUT2D eigenvalue weighted by Gasteiger charge is 2.39. The minimum Gasteiger partial charge on any atom is -0.309 e. The van der Waals surface area contributed by atoms with Crippen LogP contribution in [0.1, 0.15) is 72.1 Å². The lowest BCUT2D eigenvalue weighted by atomic mass is 9.77. The summed E-state index contributed by atoms with van der Waals surface area (Å²) in [5.41, 5.74) is 1.92. The Hall–Kier alpha value is -0.340. The number of likely N-dealkylation sites (N-methyl/N-ethyl adjacent to an activating group) is 2. The molecule has 0 saturated heterocycles. The van der Waals surface area contributed by atoms with E-state index in [1.807, 2.05) is 0 Å². The summed E-state index contributed by atoms with van der Waals surface area (Å²) >= 11 is 0. The molecule has 0 heterocycles. The molecule has 0 saturated carbocycles. The van der Waals surface area contributed by atoms with Gasteiger partial charge < -0.3 is 10.2 Å². The molecule has 0 aliphatic heterocycles. The second-order valence-electron chi connectivity index (χ2n) is 6.43. The van der Waals surface area contributed by atoms with E-state index in [0.717, 1.165) is 6.54 Å². The zero-order valence-electron chi connectivity index (χ0n) is 14.5. The molecule has 2 nitrogen and oxygen atoms in total. The van der Waals surface area contributed by atoms with Crippen LogP contribution in [0.5, 0.6) is 0 Å². The van der Waals surface area contributed by atoms with E-state index < -0.39 is 0 Å². The minimum absolute atomic E-state index is 0.251. The van der Waals surface area contributed by atoms with Crippen molar-refractivity contribution in [3.63, 3.8) is 0 Å². The Labute approximate surface area is 127 Å². The summed E-state index contributed by atoms with van der Waals surface area (Å²) in [6.45, 7) is 7.98. The average molecular weight is 280 g/mol. The van der Waals surface area contributed by atoms with E-state index in [4.69, 9.17) is 0 Å². The second kappa shape index (κ2) is 8.84. The molecule has 0 amide bonds. The molecular formula is C18H36N2. The van der Waals surface area contributed by atoms with E-state index >= 15 is 0 Å². The zero-order chi connectivity index (χ0) is 15.0. The van der Waals surface area contributed by atoms with Crippen molar-refractivity contribution in [1.82, 2.24) is 10.2 Å². The Morgan fingerprint density at radius 2 is 1.75 bits per heavy atom. The Bertz CT molecular complexity index is 290. The monoisotopic (exact) mass is 280 g/mol. The molecule has 20 heavy (non-hydrogen) atoms. The van der Waals surface area contributed by atoms with Gasteiger partial charge in [-0.1, -0.05) is 45.3 Å². The van der Waals surface area contributed by atoms with Crippen molar-refractivity contribution in [3.8, 4) is 0 Å². The summed E-state index contributed by atoms with van der Waals surface area (Å²) < 4.78 is 0. The zero-order valence-corrected chi connectivity index (χ0v) is 14.5. The summed E-state index contributed by atoms with van der Waals surface area (Å²) in [6, 6.07) is 0.510. The van der Waals surface area contributed by atoms with Crippen molar-refractivity contribution >= 4 is 0 Å². The smallest absolute Gasteiger partial charge is 0.0465 e. The van der Waals surface area contributed by atoms with Crippen molar-refractivity contribution in [2.75, 3.05) is 20.6 Å². The van der Waals surface area contributed by atoms with Gasteiger partial charge in [0.1, 0.15) is 0 Å². The van der Waals surface area contributed by atoms with Gasteiger partial charge in [0.05, 0.1) is 0 Å². The van der Waals surface area contributed by atoms with Crippen LogP contribution in [0.15, 0.2) is 11.6 Å². The largest absolute Gasteiger partial charge is 0.309 e. The van der Waals surface area contributed by atoms with Crippen LogP contribution >= 0.6 is 0 Å². The number of rotatable bonds is 7. The van der Waals surface area contributed by atoms with E-state index in [0.29, 0.717) is 6.04 Å². The standard InChI is InChI=1S/C18H36N2/c1-6-18(7-2,20(4)5)17(19-8-3)16-14-12-10-9-11-13-15-16/h14,17,19H,6-13,15H2,1-5H3. The van der Waals surface area contributed by atoms with Gasteiger partial charge in [-0.2, -0.15) is 0 Å². The predicted molar refractivity (Wildman–Crippen MR) is 90.2 cm³/mol. The van der Waals surface area contributed by atoms with Crippen molar-refractivity contribution in [3.05, 3.63) is 11.6 Å². The molecule has 2 heteroatoms. The summed E-state index contributed by atoms with van der Waals surface area (Å²) in [5.74, 6) is 0. The van der Waals surface area contributed by atoms with Crippen LogP contribution in [-0.4, -0.2) is 37.1 Å². The average Bonchev–Trinajstić information content (AvgIpc) is 2.39. The molecule has 0 aromatic heterocycles. The van der Waals surface area contributed by atoms with Crippen molar-refractivity contribution in [2.45, 2.75) is 83.7 Å². The molecule has 0 aromatic carbocycles. The van der Waals surface area contributed by atoms with E-state index in [2.05, 4.69) is 51.2 Å². The first-order chi connectivity index (χ1) is 9.62. The second-order valence-corrected chi connectivity index (χ2v) is 6.43. The highest BCUT2D eigenvalue weighted by atomic mass is 15.2. The van der Waals surface area contributed by atoms with E-state index in [-0.39, 0.29) is 5.54 Å². The first-order valence-corrected chi connectivity index (χ1v) is 8.72. The van der Waals surface area contributed by atoms with E-state index in [1.54, 1.807) is 5.57 Å². The third kappa shape index (κ3) is 4.08. The van der Waals surface area contributed by atoms with Crippen LogP contribution in [0.3, 0.4) is 0 Å². The van der Waals surface area contributed by atoms with Gasteiger partial charge in [0, 0.05) is 11.6 Å². The molecule has 1 aliphatic carbocycles. The van der Waals surface area contributed by atoms with Crippen molar-refractivity contribution < 1.29 is 0 Å². The van der Waals surface area contributed by atoms with Gasteiger partial charge >= 0.3 is 0 Å². The molecule has 0 aromatic rings. The summed E-state index contributed by atoms with van der Waals surface area (Å²) in [7, 11) is 4.50. The van der Waals surface area contributed by atoms with E-state index in [1.165, 1.54) is 51.4 Å². The Morgan fingerprint density at radius 3 is 2.30 bits per heavy atom. The van der Waals surface area contributed by atoms with Crippen LogP contribution < -0.4 is 5.32 Å². The van der Waals surface area contributed by atoms with Gasteiger partial charge in [-0.3, -0.25) is 0 Å². The number of nitrogens with zero attached hydrogens (tertiary/aromatic N) is 1. The minimum atomic E-state index is 0.251. The quantitative estimate of drug-likeness (QED) is 0.697. The fourth-order valence-corrected chi connectivity index (χ4v) is 3.90. The molecule has 1 rings (SSSR count). The lowest BCUT2D eigenvalue weighted by Crippen LogP contribution is -2.59. The fraction of sp³-hybridized carbons (Fsp3) is 0.889. The van der Waals surface area contributed by atoms with Gasteiger partial charge in [0.2, 0.25) is 0 Å². The third-order valence-electron chi connectivity index (χ3n) is 5.26. The van der Waals surface area contributed by atoms with Crippen LogP contribution in [0.2, 0.25) is 0 Å². The maximum absolute atomic E-state index is 3.81. The van der Waals surface area contributed by atoms with Crippen LogP contribution in [-0.2, 0) is 0 Å². The third-order valence-corrected chi connectivity index (χ3v) is 5.26. The molecule has 0 fully saturated rings. The predicted octanol–water partition coefficient (Wildman–Crippen LogP) is 4.37. The maximum Gasteiger partial charge on any atom is 0.0465 e. The van der Waals surface area contributed by atoms with Crippen LogP contribution in [0.4, 0.5) is 0 Å². The lowest BCUT2D eigenvalue weighted by Gasteiger charge is -2.47. The van der Waals surface area contributed by atoms with Crippen LogP contribution in [0.25, 0.3) is 0 Å². The van der Waals surface area contributed by atoms with Gasteiger partial charge in [0.15, 0.2) is 0 Å². The molecule has 0 radical (unpaired) electrons. The topological polar surface area (TPSA) is 15.3 Å². The van der Waals surface area contributed by atoms with Crippen LogP contribution in [0, 0.1) is 0 Å². The van der Waals surface area contributed by atoms with Gasteiger partial charge in [0.25, 0.3) is 0 Å². The molecule has 1 N–H and O–H groups in total. The molecule has 118 valence electrons. The van der Waals surface area contributed by atoms with Crippen molar-refractivity contribution in [1.29, 1.82) is 0 Å². The lowest BCUT2D eigenvalue weighted by molar-refractivity contribution is 0.102. The van der Waals surface area contributed by atoms with Gasteiger partial charge in [-0.05, 0) is 59.2 Å². The molecule has 0 spiro atoms. The summed E-state index contributed by atoms with van der Waals surface area (Å²) in [4.78, 5) is 2.46. The Kier molecular flexibility index (Phi) is 7.83. The molecule has 1 unspecified atom stereocenters. The van der Waals surface area contributed by atoms with Gasteiger partial charge in [-0.15, -0.1) is 0 Å². The first kappa shape index (κ1) is 17.7. The molecule has 1 atom stereocenters. The maximum atomic E-state index is 3.81. The van der Waals surface area contributed by atoms with Gasteiger partial charge in [-0.25, -0.2) is 0 Å². The van der Waals surface area contributed by atoms with Crippen molar-refractivity contribution in [2.24, 2.45) is 0 Å². The molecule has 1 aliphatic rings. The number of hydrogen-bond donors (Lipinski definition) is 1. The highest BCUT2D eigenvalue weighted by molar-refractivity contribution is 5.20. The highest BCUT2D eigenvalue weighted by Crippen LogP contribution is 2.33. The summed E-state index contributed by atoms with van der Waals surface area (Å²) in [5, 5.41) is 3.81.